The molecule has 2 rings (SSSR count). The normalized spacial score (nSPS) is 19.5. The zero-order valence-electron chi connectivity index (χ0n) is 9.37. The van der Waals surface area contributed by atoms with Crippen molar-refractivity contribution in [3.8, 4) is 0 Å². The maximum absolute atomic E-state index is 12.3. The predicted molar refractivity (Wildman–Crippen MR) is 60.7 cm³/mol. The second-order valence-electron chi connectivity index (χ2n) is 4.35. The number of hydrogen-bond donors (Lipinski definition) is 1. The third-order valence-corrected chi connectivity index (χ3v) is 4.61. The molecule has 0 unspecified atom stereocenters. The molecule has 3 nitrogen and oxygen atoms in total. The highest BCUT2D eigenvalue weighted by Crippen LogP contribution is 2.29. The second-order valence-corrected chi connectivity index (χ2v) is 6.50. The Labute approximate surface area is 103 Å². The molecule has 0 amide bonds. The van der Waals surface area contributed by atoms with Crippen LogP contribution in [0, 0.1) is 0 Å². The Bertz CT molecular complexity index is 510. The van der Waals surface area contributed by atoms with Crippen molar-refractivity contribution < 1.29 is 21.6 Å². The molecule has 0 aromatic heterocycles. The van der Waals surface area contributed by atoms with Crippen LogP contribution in [0.15, 0.2) is 24.3 Å². The first-order chi connectivity index (χ1) is 8.26. The second kappa shape index (κ2) is 4.55. The van der Waals surface area contributed by atoms with Gasteiger partial charge in [-0.3, -0.25) is 0 Å². The van der Waals surface area contributed by atoms with Gasteiger partial charge in [0.1, 0.15) is 0 Å². The lowest BCUT2D eigenvalue weighted by molar-refractivity contribution is -0.137. The van der Waals surface area contributed by atoms with Crippen LogP contribution in [0.1, 0.15) is 11.1 Å². The van der Waals surface area contributed by atoms with Crippen molar-refractivity contribution in [2.24, 2.45) is 0 Å². The molecule has 0 aliphatic carbocycles. The molecule has 1 aromatic rings. The van der Waals surface area contributed by atoms with Gasteiger partial charge in [-0.05, 0) is 17.7 Å². The van der Waals surface area contributed by atoms with E-state index in [1.165, 1.54) is 12.1 Å². The highest BCUT2D eigenvalue weighted by atomic mass is 32.2. The standard InChI is InChI=1S/C11H12F3NO2S/c12-11(13,14)9-3-1-8(2-4-9)5-15-10-6-18(16,17)7-10/h1-4,10,15H,5-7H2. The molecular weight excluding hydrogens is 267 g/mol. The first-order valence-corrected chi connectivity index (χ1v) is 7.18. The number of alkyl halides is 3. The Morgan fingerprint density at radius 1 is 1.17 bits per heavy atom. The first-order valence-electron chi connectivity index (χ1n) is 5.36. The van der Waals surface area contributed by atoms with Crippen LogP contribution in [-0.4, -0.2) is 26.0 Å². The minimum atomic E-state index is -4.33. The van der Waals surface area contributed by atoms with Crippen LogP contribution in [-0.2, 0) is 22.6 Å². The molecule has 7 heteroatoms. The summed E-state index contributed by atoms with van der Waals surface area (Å²) < 4.78 is 58.7. The van der Waals surface area contributed by atoms with Gasteiger partial charge in [-0.15, -0.1) is 0 Å². The van der Waals surface area contributed by atoms with E-state index in [9.17, 15) is 21.6 Å². The molecule has 18 heavy (non-hydrogen) atoms. The van der Waals surface area contributed by atoms with E-state index in [2.05, 4.69) is 5.32 Å². The van der Waals surface area contributed by atoms with Crippen LogP contribution >= 0.6 is 0 Å². The number of hydrogen-bond acceptors (Lipinski definition) is 3. The average Bonchev–Trinajstić information content (AvgIpc) is 2.22. The van der Waals surface area contributed by atoms with Crippen molar-refractivity contribution in [1.82, 2.24) is 5.32 Å². The average molecular weight is 279 g/mol. The van der Waals surface area contributed by atoms with E-state index in [0.717, 1.165) is 12.1 Å². The van der Waals surface area contributed by atoms with E-state index in [1.54, 1.807) is 0 Å². The summed E-state index contributed by atoms with van der Waals surface area (Å²) in [6.07, 6.45) is -4.33. The molecule has 0 bridgehead atoms. The smallest absolute Gasteiger partial charge is 0.308 e. The van der Waals surface area contributed by atoms with Gasteiger partial charge in [0.25, 0.3) is 0 Å². The maximum Gasteiger partial charge on any atom is 0.416 e. The van der Waals surface area contributed by atoms with Crippen LogP contribution in [0.5, 0.6) is 0 Å². The molecular formula is C11H12F3NO2S. The molecule has 100 valence electrons. The van der Waals surface area contributed by atoms with Gasteiger partial charge in [-0.2, -0.15) is 13.2 Å². The van der Waals surface area contributed by atoms with Gasteiger partial charge in [0.05, 0.1) is 17.1 Å². The minimum Gasteiger partial charge on any atom is -0.308 e. The molecule has 0 saturated carbocycles. The van der Waals surface area contributed by atoms with Gasteiger partial charge >= 0.3 is 6.18 Å². The van der Waals surface area contributed by atoms with Crippen LogP contribution in [0.3, 0.4) is 0 Å². The van der Waals surface area contributed by atoms with Crippen molar-refractivity contribution in [2.75, 3.05) is 11.5 Å². The maximum atomic E-state index is 12.3. The van der Waals surface area contributed by atoms with Crippen molar-refractivity contribution in [2.45, 2.75) is 18.8 Å². The summed E-state index contributed by atoms with van der Waals surface area (Å²) >= 11 is 0. The molecule has 0 atom stereocenters. The number of halogens is 3. The first kappa shape index (κ1) is 13.4. The summed E-state index contributed by atoms with van der Waals surface area (Å²) in [5.74, 6) is 0.210. The minimum absolute atomic E-state index is 0.0858. The predicted octanol–water partition coefficient (Wildman–Crippen LogP) is 1.59. The van der Waals surface area contributed by atoms with Crippen LogP contribution in [0.25, 0.3) is 0 Å². The van der Waals surface area contributed by atoms with Gasteiger partial charge in [0.2, 0.25) is 0 Å². The van der Waals surface area contributed by atoms with Crippen LogP contribution in [0.4, 0.5) is 13.2 Å². The molecule has 1 aliphatic heterocycles. The highest BCUT2D eigenvalue weighted by Gasteiger charge is 2.33. The van der Waals surface area contributed by atoms with E-state index in [0.29, 0.717) is 12.1 Å². The summed E-state index contributed by atoms with van der Waals surface area (Å²) in [6.45, 7) is 0.373. The van der Waals surface area contributed by atoms with Gasteiger partial charge < -0.3 is 5.32 Å². The van der Waals surface area contributed by atoms with E-state index in [4.69, 9.17) is 0 Å². The molecule has 1 heterocycles. The lowest BCUT2D eigenvalue weighted by Gasteiger charge is -2.26. The highest BCUT2D eigenvalue weighted by molar-refractivity contribution is 7.92. The summed E-state index contributed by atoms with van der Waals surface area (Å²) in [5, 5.41) is 2.99. The zero-order chi connectivity index (χ0) is 13.4. The summed E-state index contributed by atoms with van der Waals surface area (Å²) in [6, 6.07) is 4.74. The third kappa shape index (κ3) is 3.23. The number of sulfone groups is 1. The fourth-order valence-corrected chi connectivity index (χ4v) is 3.12. The Morgan fingerprint density at radius 3 is 2.17 bits per heavy atom. The summed E-state index contributed by atoms with van der Waals surface area (Å²) in [4.78, 5) is 0. The summed E-state index contributed by atoms with van der Waals surface area (Å²) in [5.41, 5.74) is 0.0183. The fraction of sp³-hybridized carbons (Fsp3) is 0.455. The van der Waals surface area contributed by atoms with Gasteiger partial charge in [-0.1, -0.05) is 12.1 Å². The molecule has 1 N–H and O–H groups in total. The Hall–Kier alpha value is -1.08. The molecule has 1 saturated heterocycles. The van der Waals surface area contributed by atoms with E-state index in [1.807, 2.05) is 0 Å². The largest absolute Gasteiger partial charge is 0.416 e. The van der Waals surface area contributed by atoms with Crippen LogP contribution in [0.2, 0.25) is 0 Å². The summed E-state index contributed by atoms with van der Waals surface area (Å²) in [7, 11) is -2.87. The van der Waals surface area contributed by atoms with E-state index < -0.39 is 21.6 Å². The van der Waals surface area contributed by atoms with Crippen molar-refractivity contribution in [1.29, 1.82) is 0 Å². The van der Waals surface area contributed by atoms with Gasteiger partial charge in [0, 0.05) is 12.6 Å². The van der Waals surface area contributed by atoms with Crippen molar-refractivity contribution in [3.63, 3.8) is 0 Å². The molecule has 1 aromatic carbocycles. The monoisotopic (exact) mass is 279 g/mol. The Kier molecular flexibility index (Phi) is 3.37. The van der Waals surface area contributed by atoms with Crippen molar-refractivity contribution >= 4 is 9.84 Å². The number of benzene rings is 1. The van der Waals surface area contributed by atoms with Crippen molar-refractivity contribution in [3.05, 3.63) is 35.4 Å². The molecule has 0 spiro atoms. The van der Waals surface area contributed by atoms with Gasteiger partial charge in [0.15, 0.2) is 9.84 Å². The quantitative estimate of drug-likeness (QED) is 0.914. The SMILES string of the molecule is O=S1(=O)CC(NCc2ccc(C(F)(F)F)cc2)C1. The molecule has 1 aliphatic rings. The van der Waals surface area contributed by atoms with Crippen LogP contribution < -0.4 is 5.32 Å². The third-order valence-electron chi connectivity index (χ3n) is 2.79. The van der Waals surface area contributed by atoms with Gasteiger partial charge in [-0.25, -0.2) is 8.42 Å². The Balaban J connectivity index is 1.88. The zero-order valence-corrected chi connectivity index (χ0v) is 10.2. The fourth-order valence-electron chi connectivity index (χ4n) is 1.76. The van der Waals surface area contributed by atoms with E-state index in [-0.39, 0.29) is 17.5 Å². The lowest BCUT2D eigenvalue weighted by atomic mass is 10.1. The number of nitrogens with one attached hydrogen (secondary N) is 1. The Morgan fingerprint density at radius 2 is 1.72 bits per heavy atom. The molecule has 0 radical (unpaired) electrons. The molecule has 1 fully saturated rings. The lowest BCUT2D eigenvalue weighted by Crippen LogP contribution is -2.50. The topological polar surface area (TPSA) is 46.2 Å². The van der Waals surface area contributed by atoms with E-state index >= 15 is 0 Å². The number of rotatable bonds is 3.